The van der Waals surface area contributed by atoms with Gasteiger partial charge in [0.1, 0.15) is 83.3 Å². The Kier molecular flexibility index (Phi) is 55.3. The van der Waals surface area contributed by atoms with Gasteiger partial charge in [0.2, 0.25) is 0 Å². The molecular formula is C112H135NO26. The van der Waals surface area contributed by atoms with Crippen LogP contribution in [-0.2, 0) is 66.6 Å². The number of carbonyl (C=O) groups is 5. The number of benzene rings is 9. The summed E-state index contributed by atoms with van der Waals surface area (Å²) in [4.78, 5) is 72.4. The maximum Gasteiger partial charge on any atom is 0.343 e. The largest absolute Gasteiger partial charge is 0.497 e. The number of unbranched alkanes of at least 4 members (excludes halogenated alkanes) is 2. The lowest BCUT2D eigenvalue weighted by molar-refractivity contribution is -0.287. The van der Waals surface area contributed by atoms with Crippen LogP contribution in [0.2, 0.25) is 0 Å². The van der Waals surface area contributed by atoms with E-state index in [0.717, 1.165) is 99.4 Å². The molecule has 0 spiro atoms. The van der Waals surface area contributed by atoms with Crippen molar-refractivity contribution in [3.05, 3.63) is 318 Å². The number of hydrogen-bond acceptors (Lipinski definition) is 27. The Morgan fingerprint density at radius 3 is 1.10 bits per heavy atom. The standard InChI is InChI=1S/C33H36O10.C33H46O5.C23H25NO5.C23H28O6/c1-5-17-40-41-19-6-18-39-28-11-13-29(14-12-28)42-33(35)31-16-15-30(22-24(31)2)43-32(34)27-9-7-26(8-10-27)25(3)38-21-20-37-23-36-4;1-4-9-27-10-12-29(13-11-27)30-18-20-32(21-19-30)38-33(34)31-16-14-28(15-17-31)26(2)37-25-8-7-24-36-23-6-5-22-35-3;1-18(28-16-4-15-27-14-3-13-26-2)20-7-9-21(10-8-20)23(25)29-22-11-5-19(17-24)6-12-22;1-18(28-17-5-16-27-15-4-14-25-2)19-6-8-20(9-7-19)23(24)29-22-12-10-21(26-3)11-13-22/h5,7-16,22H,1,3,6,17-21,23H2,2,4H3;14-21,27,29H,2,4-13,22-25H2,1,3H3;5-12H,1,3-4,13-16H2,2H3;6-13H,1,4-5,14-17H2,2-3H3. The zero-order chi connectivity index (χ0) is 99.7. The lowest BCUT2D eigenvalue weighted by Crippen LogP contribution is -2.13. The molecule has 0 bridgehead atoms. The van der Waals surface area contributed by atoms with E-state index in [2.05, 4.69) is 52.0 Å². The minimum atomic E-state index is -0.545. The van der Waals surface area contributed by atoms with Crippen molar-refractivity contribution in [3.63, 3.8) is 0 Å². The number of aryl methyl sites for hydroxylation is 1. The Hall–Kier alpha value is -13.1. The Morgan fingerprint density at radius 1 is 0.345 bits per heavy atom. The van der Waals surface area contributed by atoms with Gasteiger partial charge in [-0.25, -0.2) is 33.7 Å². The number of rotatable bonds is 61. The van der Waals surface area contributed by atoms with Crippen LogP contribution in [0.1, 0.15) is 200 Å². The maximum atomic E-state index is 12.8. The summed E-state index contributed by atoms with van der Waals surface area (Å²) < 4.78 is 102. The van der Waals surface area contributed by atoms with Gasteiger partial charge in [-0.1, -0.05) is 113 Å². The van der Waals surface area contributed by atoms with Crippen molar-refractivity contribution >= 4 is 52.9 Å². The molecule has 744 valence electrons. The van der Waals surface area contributed by atoms with E-state index >= 15 is 0 Å². The number of ether oxygens (including phenoxy) is 19. The Balaban J connectivity index is 0.000000256. The van der Waals surface area contributed by atoms with E-state index in [1.54, 1.807) is 224 Å². The zero-order valence-corrected chi connectivity index (χ0v) is 81.4. The van der Waals surface area contributed by atoms with Crippen molar-refractivity contribution in [2.45, 2.75) is 116 Å². The van der Waals surface area contributed by atoms with Gasteiger partial charge in [0.05, 0.1) is 86.2 Å². The van der Waals surface area contributed by atoms with Crippen LogP contribution in [0, 0.1) is 24.2 Å². The number of nitrogens with zero attached hydrogens (tertiary/aromatic N) is 1. The lowest BCUT2D eigenvalue weighted by atomic mass is 9.77. The van der Waals surface area contributed by atoms with Crippen molar-refractivity contribution in [2.75, 3.05) is 155 Å². The predicted molar refractivity (Wildman–Crippen MR) is 533 cm³/mol. The minimum Gasteiger partial charge on any atom is -0.497 e. The van der Waals surface area contributed by atoms with Gasteiger partial charge in [-0.3, -0.25) is 0 Å². The van der Waals surface area contributed by atoms with Crippen LogP contribution in [0.15, 0.2) is 251 Å². The molecule has 1 aliphatic rings. The number of methoxy groups -OCH3 is 5. The normalized spacial score (nSPS) is 12.3. The second-order valence-corrected chi connectivity index (χ2v) is 31.7. The van der Waals surface area contributed by atoms with Crippen LogP contribution in [0.3, 0.4) is 0 Å². The minimum absolute atomic E-state index is 0.191. The van der Waals surface area contributed by atoms with Crippen LogP contribution < -0.4 is 33.2 Å². The molecule has 0 aromatic heterocycles. The second kappa shape index (κ2) is 68.0. The highest BCUT2D eigenvalue weighted by Gasteiger charge is 2.24. The summed E-state index contributed by atoms with van der Waals surface area (Å²) in [7, 11) is 8.19. The molecule has 1 aliphatic carbocycles. The van der Waals surface area contributed by atoms with Gasteiger partial charge in [-0.15, -0.1) is 6.58 Å². The molecule has 9 aromatic carbocycles. The van der Waals surface area contributed by atoms with Gasteiger partial charge in [-0.2, -0.15) is 5.26 Å². The number of carbonyl (C=O) groups excluding carboxylic acids is 5. The Labute approximate surface area is 818 Å². The van der Waals surface area contributed by atoms with Crippen molar-refractivity contribution < 1.29 is 124 Å². The molecule has 10 rings (SSSR count). The van der Waals surface area contributed by atoms with Gasteiger partial charge < -0.3 is 90.0 Å². The molecule has 27 heteroatoms. The molecule has 139 heavy (non-hydrogen) atoms. The highest BCUT2D eigenvalue weighted by atomic mass is 17.2. The van der Waals surface area contributed by atoms with Crippen molar-refractivity contribution in [1.29, 1.82) is 5.26 Å². The van der Waals surface area contributed by atoms with E-state index in [9.17, 15) is 24.0 Å². The fraction of sp³-hybridized carbons (Fsp3) is 0.375. The fourth-order valence-corrected chi connectivity index (χ4v) is 13.5. The van der Waals surface area contributed by atoms with Crippen LogP contribution in [-0.4, -0.2) is 185 Å². The number of esters is 5. The topological polar surface area (TPSA) is 303 Å². The molecule has 9 aromatic rings. The van der Waals surface area contributed by atoms with E-state index in [-0.39, 0.29) is 12.8 Å². The highest BCUT2D eigenvalue weighted by molar-refractivity contribution is 5.95. The Morgan fingerprint density at radius 2 is 0.691 bits per heavy atom. The third-order valence-corrected chi connectivity index (χ3v) is 21.2. The molecule has 0 aliphatic heterocycles. The first-order valence-electron chi connectivity index (χ1n) is 46.8. The van der Waals surface area contributed by atoms with Gasteiger partial charge in [-0.05, 0) is 246 Å². The van der Waals surface area contributed by atoms with E-state index in [1.807, 2.05) is 30.3 Å². The first-order chi connectivity index (χ1) is 67.8. The summed E-state index contributed by atoms with van der Waals surface area (Å²) in [6.45, 7) is 33.3. The summed E-state index contributed by atoms with van der Waals surface area (Å²) >= 11 is 0. The SMILES string of the molecule is C=C(OCCCCOCCCCOC)c1ccc(C(=O)Oc2ccc(C3CCC(CCC)CC3)cc2)cc1.C=C(OCCCOCCCOC)c1ccc(C(=O)Oc2ccc(C#N)cc2)cc1.C=C(OCCCOCCCOC)c1ccc(C(=O)Oc2ccc(OC)cc2)cc1.C=CCOOCCCOc1ccc(OC(=O)c2ccc(OC(=O)c3ccc(C(=C)OCCOCOC)cc3)cc2C)cc1. The molecule has 27 nitrogen and oxygen atoms in total. The molecule has 0 heterocycles. The first-order valence-corrected chi connectivity index (χ1v) is 46.8. The summed E-state index contributed by atoms with van der Waals surface area (Å²) in [6, 6.07) is 62.4. The van der Waals surface area contributed by atoms with Crippen molar-refractivity contribution in [1.82, 2.24) is 0 Å². The quantitative estimate of drug-likeness (QED) is 0.00500. The van der Waals surface area contributed by atoms with Gasteiger partial charge in [0.25, 0.3) is 0 Å². The van der Waals surface area contributed by atoms with Crippen LogP contribution >= 0.6 is 0 Å². The second-order valence-electron chi connectivity index (χ2n) is 31.7. The van der Waals surface area contributed by atoms with E-state index in [0.29, 0.717) is 207 Å². The van der Waals surface area contributed by atoms with E-state index in [1.165, 1.54) is 44.1 Å². The molecule has 1 saturated carbocycles. The van der Waals surface area contributed by atoms with Gasteiger partial charge in [0, 0.05) is 129 Å². The van der Waals surface area contributed by atoms with E-state index in [4.69, 9.17) is 105 Å². The summed E-state index contributed by atoms with van der Waals surface area (Å²) in [5, 5.41) is 8.79. The highest BCUT2D eigenvalue weighted by Crippen LogP contribution is 2.38. The van der Waals surface area contributed by atoms with E-state index < -0.39 is 23.9 Å². The van der Waals surface area contributed by atoms with Crippen LogP contribution in [0.5, 0.6) is 40.2 Å². The van der Waals surface area contributed by atoms with Crippen molar-refractivity contribution in [3.8, 4) is 46.3 Å². The van der Waals surface area contributed by atoms with Crippen LogP contribution in [0.4, 0.5) is 0 Å². The van der Waals surface area contributed by atoms with Crippen molar-refractivity contribution in [2.24, 2.45) is 5.92 Å². The molecule has 1 fully saturated rings. The average Bonchev–Trinajstić information content (AvgIpc) is 0.836. The fourth-order valence-electron chi connectivity index (χ4n) is 13.5. The third kappa shape index (κ3) is 44.9. The summed E-state index contributed by atoms with van der Waals surface area (Å²) in [5.41, 5.74) is 7.68. The monoisotopic (exact) mass is 1910 g/mol. The lowest BCUT2D eigenvalue weighted by Gasteiger charge is -2.28. The molecule has 0 atom stereocenters. The van der Waals surface area contributed by atoms with Gasteiger partial charge in [0.15, 0.2) is 0 Å². The molecule has 0 amide bonds. The molecule has 0 N–H and O–H groups in total. The Bertz CT molecular complexity index is 5120. The van der Waals surface area contributed by atoms with Gasteiger partial charge >= 0.3 is 29.8 Å². The first kappa shape index (κ1) is 113. The maximum absolute atomic E-state index is 12.8. The summed E-state index contributed by atoms with van der Waals surface area (Å²) in [6.07, 6.45) is 17.3. The average molecular weight is 1910 g/mol. The third-order valence-electron chi connectivity index (χ3n) is 21.2. The molecule has 0 radical (unpaired) electrons. The molecule has 0 unspecified atom stereocenters. The summed E-state index contributed by atoms with van der Waals surface area (Å²) in [5.74, 6) is 4.74. The number of hydrogen-bond donors (Lipinski definition) is 0. The molecule has 0 saturated heterocycles. The number of nitriles is 1. The van der Waals surface area contributed by atoms with Crippen LogP contribution in [0.25, 0.3) is 23.0 Å². The smallest absolute Gasteiger partial charge is 0.343 e. The zero-order valence-electron chi connectivity index (χ0n) is 81.4. The molecular weight excluding hydrogens is 1780 g/mol. The predicted octanol–water partition coefficient (Wildman–Crippen LogP) is 22.7.